The van der Waals surface area contributed by atoms with E-state index in [9.17, 15) is 4.79 Å². The van der Waals surface area contributed by atoms with Crippen molar-refractivity contribution in [2.45, 2.75) is 27.7 Å². The summed E-state index contributed by atoms with van der Waals surface area (Å²) in [5, 5.41) is 0.863. The zero-order chi connectivity index (χ0) is 21.4. The van der Waals surface area contributed by atoms with Gasteiger partial charge in [0.15, 0.2) is 5.52 Å². The van der Waals surface area contributed by atoms with Gasteiger partial charge in [-0.05, 0) is 70.7 Å². The third kappa shape index (κ3) is 7.12. The largest absolute Gasteiger partial charge is 1.00 e. The predicted octanol–water partition coefficient (Wildman–Crippen LogP) is 1.23. The molecule has 0 saturated carbocycles. The molecule has 0 aliphatic rings. The molecule has 0 N–H and O–H groups in total. The van der Waals surface area contributed by atoms with Gasteiger partial charge in [-0.1, -0.05) is 6.07 Å². The summed E-state index contributed by atoms with van der Waals surface area (Å²) in [5.74, 6) is 1.34. The number of hydrogen-bond donors (Lipinski definition) is 0. The van der Waals surface area contributed by atoms with E-state index >= 15 is 0 Å². The molecule has 2 rings (SSSR count). The first-order valence-corrected chi connectivity index (χ1v) is 10.6. The smallest absolute Gasteiger partial charge is 1.00 e. The van der Waals surface area contributed by atoms with Crippen molar-refractivity contribution in [2.75, 3.05) is 40.6 Å². The van der Waals surface area contributed by atoms with Gasteiger partial charge in [-0.2, -0.15) is 0 Å². The van der Waals surface area contributed by atoms with E-state index in [2.05, 4.69) is 19.9 Å². The summed E-state index contributed by atoms with van der Waals surface area (Å²) in [4.78, 5) is 13.2. The topological polar surface area (TPSA) is 54.0 Å². The van der Waals surface area contributed by atoms with Crippen LogP contribution in [-0.2, 0) is 9.47 Å². The molecule has 5 nitrogen and oxygen atoms in total. The van der Waals surface area contributed by atoms with Crippen molar-refractivity contribution in [2.24, 2.45) is 0 Å². The average Bonchev–Trinajstić information content (AvgIpc) is 2.68. The molecule has 2 aromatic carbocycles. The van der Waals surface area contributed by atoms with Crippen molar-refractivity contribution in [1.29, 1.82) is 0 Å². The van der Waals surface area contributed by atoms with Crippen LogP contribution >= 0.6 is 8.58 Å². The molecule has 160 valence electrons. The summed E-state index contributed by atoms with van der Waals surface area (Å²) in [6.45, 7) is 10.0. The first kappa shape index (κ1) is 26.7. The summed E-state index contributed by atoms with van der Waals surface area (Å²) < 4.78 is 21.7. The van der Waals surface area contributed by atoms with Crippen LogP contribution in [0.4, 0.5) is 0 Å². The van der Waals surface area contributed by atoms with Gasteiger partial charge in [0.25, 0.3) is 0 Å². The Kier molecular flexibility index (Phi) is 11.7. The van der Waals surface area contributed by atoms with Gasteiger partial charge in [-0.15, -0.1) is 0 Å². The van der Waals surface area contributed by atoms with Gasteiger partial charge in [0.05, 0.1) is 13.2 Å². The molecule has 1 atom stereocenters. The van der Waals surface area contributed by atoms with E-state index in [0.29, 0.717) is 37.9 Å². The fraction of sp³-hybridized carbons (Fsp3) is 0.435. The second-order valence-electron chi connectivity index (χ2n) is 6.93. The van der Waals surface area contributed by atoms with Crippen LogP contribution in [0.15, 0.2) is 24.3 Å². The Morgan fingerprint density at radius 3 is 2.13 bits per heavy atom. The van der Waals surface area contributed by atoms with Crippen molar-refractivity contribution in [1.82, 2.24) is 0 Å². The van der Waals surface area contributed by atoms with Crippen LogP contribution in [0.5, 0.6) is 11.5 Å². The number of ether oxygens (including phenoxy) is 4. The third-order valence-corrected chi connectivity index (χ3v) is 6.05. The number of aryl methyl sites for hydroxylation is 2. The molecule has 0 aliphatic heterocycles. The molecule has 0 aromatic heterocycles. The van der Waals surface area contributed by atoms with Gasteiger partial charge in [-0.3, -0.25) is 4.79 Å². The fourth-order valence-electron chi connectivity index (χ4n) is 3.11. The minimum absolute atomic E-state index is 0. The fourth-order valence-corrected chi connectivity index (χ4v) is 4.30. The van der Waals surface area contributed by atoms with Gasteiger partial charge in [0.1, 0.15) is 24.7 Å². The number of carbonyl (C=O) groups excluding carboxylic acids is 1. The van der Waals surface area contributed by atoms with Crippen LogP contribution in [0, 0.1) is 27.7 Å². The van der Waals surface area contributed by atoms with Crippen LogP contribution in [-0.4, -0.2) is 46.2 Å². The van der Waals surface area contributed by atoms with Crippen LogP contribution in [0.25, 0.3) is 0 Å². The van der Waals surface area contributed by atoms with Gasteiger partial charge < -0.3 is 20.4 Å². The first-order chi connectivity index (χ1) is 13.9. The monoisotopic (exact) mass is 426 g/mol. The van der Waals surface area contributed by atoms with Gasteiger partial charge >= 0.3 is 18.9 Å². The van der Waals surface area contributed by atoms with Crippen molar-refractivity contribution in [3.63, 3.8) is 0 Å². The van der Waals surface area contributed by atoms with Crippen LogP contribution in [0.3, 0.4) is 0 Å². The molecule has 2 aromatic rings. The number of hydrogen-bond acceptors (Lipinski definition) is 5. The van der Waals surface area contributed by atoms with Crippen LogP contribution < -0.4 is 33.6 Å². The van der Waals surface area contributed by atoms with Crippen LogP contribution in [0.2, 0.25) is 0 Å². The van der Waals surface area contributed by atoms with Crippen molar-refractivity contribution in [3.05, 3.63) is 52.1 Å². The Balaban J connectivity index is 0.00000450. The molecule has 0 amide bonds. The van der Waals surface area contributed by atoms with E-state index in [1.165, 1.54) is 11.1 Å². The molecule has 7 heteroatoms. The average molecular weight is 426 g/mol. The molecule has 0 spiro atoms. The number of rotatable bonds is 11. The van der Waals surface area contributed by atoms with E-state index in [1.54, 1.807) is 14.2 Å². The molecule has 0 radical (unpaired) electrons. The summed E-state index contributed by atoms with van der Waals surface area (Å²) in [5.41, 5.74) is 5.39. The molecular weight excluding hydrogens is 394 g/mol. The van der Waals surface area contributed by atoms with Crippen LogP contribution in [0.1, 0.15) is 34.0 Å². The molecule has 0 aliphatic carbocycles. The second-order valence-corrected chi connectivity index (χ2v) is 8.17. The summed E-state index contributed by atoms with van der Waals surface area (Å²) in [6, 6.07) is 7.70. The molecule has 0 fully saturated rings. The van der Waals surface area contributed by atoms with E-state index in [1.807, 2.05) is 32.0 Å². The number of benzene rings is 2. The van der Waals surface area contributed by atoms with Gasteiger partial charge in [0, 0.05) is 31.2 Å². The standard InChI is InChI=1S/C23H31O5P.Li.H/c1-15-13-16(2)22(18(4)17(15)3)23(24)29-21-8-7-19(27-11-9-25-5)14-20(21)28-12-10-26-6;;/h7-8,13-14,29H,9-12H2,1-6H3;;/q;+1;-1. The van der Waals surface area contributed by atoms with Gasteiger partial charge in [-0.25, -0.2) is 0 Å². The normalized spacial score (nSPS) is 10.9. The Morgan fingerprint density at radius 2 is 1.50 bits per heavy atom. The van der Waals surface area contributed by atoms with Crippen molar-refractivity contribution < 1.29 is 44.0 Å². The maximum atomic E-state index is 13.2. The molecule has 0 saturated heterocycles. The first-order valence-electron chi connectivity index (χ1n) is 9.65. The SMILES string of the molecule is COCCOc1ccc(PC(=O)c2c(C)cc(C)c(C)c2C)c(OCCOC)c1.[H-].[Li+]. The van der Waals surface area contributed by atoms with E-state index in [0.717, 1.165) is 22.0 Å². The summed E-state index contributed by atoms with van der Waals surface area (Å²) >= 11 is 0. The van der Waals surface area contributed by atoms with E-state index < -0.39 is 0 Å². The zero-order valence-electron chi connectivity index (χ0n) is 20.2. The Hall–Kier alpha value is -1.34. The predicted molar refractivity (Wildman–Crippen MR) is 120 cm³/mol. The van der Waals surface area contributed by atoms with Crippen molar-refractivity contribution >= 4 is 19.4 Å². The summed E-state index contributed by atoms with van der Waals surface area (Å²) in [6.07, 6.45) is 0. The second kappa shape index (κ2) is 13.2. The maximum Gasteiger partial charge on any atom is 1.00 e. The third-order valence-electron chi connectivity index (χ3n) is 4.89. The molecule has 1 unspecified atom stereocenters. The molecular formula is C23H32LiO5P. The number of carbonyl (C=O) groups is 1. The van der Waals surface area contributed by atoms with E-state index in [-0.39, 0.29) is 34.4 Å². The quantitative estimate of drug-likeness (QED) is 0.307. The maximum absolute atomic E-state index is 13.2. The minimum Gasteiger partial charge on any atom is -1.00 e. The molecule has 0 bridgehead atoms. The zero-order valence-corrected chi connectivity index (χ0v) is 20.2. The van der Waals surface area contributed by atoms with Gasteiger partial charge in [0.2, 0.25) is 0 Å². The van der Waals surface area contributed by atoms with E-state index in [4.69, 9.17) is 18.9 Å². The molecule has 30 heavy (non-hydrogen) atoms. The van der Waals surface area contributed by atoms with Crippen molar-refractivity contribution in [3.8, 4) is 11.5 Å². The Morgan fingerprint density at radius 1 is 0.867 bits per heavy atom. The Bertz CT molecular complexity index is 860. The summed E-state index contributed by atoms with van der Waals surface area (Å²) in [7, 11) is 3.23. The molecule has 0 heterocycles. The Labute approximate surface area is 195 Å². The minimum atomic E-state index is -0.0338. The number of methoxy groups -OCH3 is 2.